The molecule has 1 saturated carbocycles. The molecule has 1 saturated heterocycles. The van der Waals surface area contributed by atoms with Gasteiger partial charge in [-0.25, -0.2) is 0 Å². The van der Waals surface area contributed by atoms with Gasteiger partial charge in [0.1, 0.15) is 5.82 Å². The normalized spacial score (nSPS) is 18.7. The highest BCUT2D eigenvalue weighted by Gasteiger charge is 2.33. The van der Waals surface area contributed by atoms with E-state index in [1.54, 1.807) is 12.1 Å². The zero-order valence-corrected chi connectivity index (χ0v) is 14.0. The van der Waals surface area contributed by atoms with Gasteiger partial charge in [-0.1, -0.05) is 0 Å². The molecular weight excluding hydrogens is 326 g/mol. The minimum atomic E-state index is -0.379. The van der Waals surface area contributed by atoms with Crippen LogP contribution in [0.15, 0.2) is 34.3 Å². The third-order valence-electron chi connectivity index (χ3n) is 4.56. The van der Waals surface area contributed by atoms with Crippen molar-refractivity contribution in [1.29, 1.82) is 0 Å². The van der Waals surface area contributed by atoms with E-state index in [-0.39, 0.29) is 10.6 Å². The van der Waals surface area contributed by atoms with Gasteiger partial charge in [0.25, 0.3) is 5.69 Å². The highest BCUT2D eigenvalue weighted by Crippen LogP contribution is 2.42. The minimum Gasteiger partial charge on any atom is -0.317 e. The van der Waals surface area contributed by atoms with Gasteiger partial charge in [-0.05, 0) is 62.7 Å². The fourth-order valence-corrected chi connectivity index (χ4v) is 4.04. The predicted molar refractivity (Wildman–Crippen MR) is 90.4 cm³/mol. The predicted octanol–water partition coefficient (Wildman–Crippen LogP) is 3.14. The van der Waals surface area contributed by atoms with E-state index in [9.17, 15) is 10.1 Å². The molecule has 4 rings (SSSR count). The first-order valence-electron chi connectivity index (χ1n) is 8.30. The maximum Gasteiger partial charge on any atom is 0.269 e. The molecule has 2 heterocycles. The lowest BCUT2D eigenvalue weighted by Gasteiger charge is -2.22. The standard InChI is InChI=1S/C16H19N5O2S/c22-21(23)13-3-5-14(6-4-13)24-16-19-18-15(20(16)12-1-2-12)11-7-9-17-10-8-11/h3-6,11-12,17H,1-2,7-10H2. The molecule has 1 aliphatic carbocycles. The van der Waals surface area contributed by atoms with E-state index in [1.165, 1.54) is 36.7 Å². The average Bonchev–Trinajstić information content (AvgIpc) is 3.37. The molecule has 1 N–H and O–H groups in total. The molecule has 24 heavy (non-hydrogen) atoms. The van der Waals surface area contributed by atoms with Gasteiger partial charge in [-0.2, -0.15) is 0 Å². The first-order valence-corrected chi connectivity index (χ1v) is 9.12. The Morgan fingerprint density at radius 1 is 1.12 bits per heavy atom. The van der Waals surface area contributed by atoms with E-state index in [0.29, 0.717) is 12.0 Å². The fourth-order valence-electron chi connectivity index (χ4n) is 3.13. The van der Waals surface area contributed by atoms with Crippen LogP contribution in [0.2, 0.25) is 0 Å². The Hall–Kier alpha value is -1.93. The van der Waals surface area contributed by atoms with Crippen molar-refractivity contribution in [2.45, 2.75) is 47.7 Å². The fraction of sp³-hybridized carbons (Fsp3) is 0.500. The summed E-state index contributed by atoms with van der Waals surface area (Å²) in [4.78, 5) is 11.3. The van der Waals surface area contributed by atoms with Crippen molar-refractivity contribution in [2.75, 3.05) is 13.1 Å². The zero-order chi connectivity index (χ0) is 16.5. The number of hydrogen-bond acceptors (Lipinski definition) is 6. The van der Waals surface area contributed by atoms with E-state index < -0.39 is 0 Å². The SMILES string of the molecule is O=[N+]([O-])c1ccc(Sc2nnc(C3CCNCC3)n2C2CC2)cc1. The second kappa shape index (κ2) is 6.52. The number of non-ortho nitro benzene ring substituents is 1. The molecule has 0 bridgehead atoms. The molecule has 1 aromatic heterocycles. The first kappa shape index (κ1) is 15.6. The van der Waals surface area contributed by atoms with Crippen LogP contribution in [0.25, 0.3) is 0 Å². The third-order valence-corrected chi connectivity index (χ3v) is 5.53. The lowest BCUT2D eigenvalue weighted by molar-refractivity contribution is -0.384. The van der Waals surface area contributed by atoms with Crippen molar-refractivity contribution in [2.24, 2.45) is 0 Å². The molecule has 8 heteroatoms. The number of nitro groups is 1. The summed E-state index contributed by atoms with van der Waals surface area (Å²) in [5.74, 6) is 1.59. The Bertz CT molecular complexity index is 735. The Labute approximate surface area is 144 Å². The van der Waals surface area contributed by atoms with Crippen LogP contribution in [0.5, 0.6) is 0 Å². The Kier molecular flexibility index (Phi) is 4.24. The van der Waals surface area contributed by atoms with Gasteiger partial charge in [-0.3, -0.25) is 10.1 Å². The number of nitrogens with zero attached hydrogens (tertiary/aromatic N) is 4. The van der Waals surface area contributed by atoms with Crippen LogP contribution in [0.3, 0.4) is 0 Å². The maximum atomic E-state index is 10.8. The van der Waals surface area contributed by atoms with Crippen molar-refractivity contribution in [3.05, 3.63) is 40.2 Å². The van der Waals surface area contributed by atoms with Gasteiger partial charge in [0.15, 0.2) is 5.16 Å². The largest absolute Gasteiger partial charge is 0.317 e. The number of aromatic nitrogens is 3. The van der Waals surface area contributed by atoms with Crippen molar-refractivity contribution in [3.8, 4) is 0 Å². The number of benzene rings is 1. The molecular formula is C16H19N5O2S. The Morgan fingerprint density at radius 3 is 2.46 bits per heavy atom. The topological polar surface area (TPSA) is 85.9 Å². The molecule has 126 valence electrons. The molecule has 0 atom stereocenters. The first-order chi connectivity index (χ1) is 11.7. The highest BCUT2D eigenvalue weighted by atomic mass is 32.2. The van der Waals surface area contributed by atoms with E-state index in [4.69, 9.17) is 0 Å². The maximum absolute atomic E-state index is 10.8. The van der Waals surface area contributed by atoms with Gasteiger partial charge < -0.3 is 9.88 Å². The van der Waals surface area contributed by atoms with Gasteiger partial charge in [-0.15, -0.1) is 10.2 Å². The third kappa shape index (κ3) is 3.16. The molecule has 0 spiro atoms. The lowest BCUT2D eigenvalue weighted by atomic mass is 9.97. The number of nitrogens with one attached hydrogen (secondary N) is 1. The number of piperidine rings is 1. The minimum absolute atomic E-state index is 0.110. The Balaban J connectivity index is 1.58. The van der Waals surface area contributed by atoms with Crippen molar-refractivity contribution in [3.63, 3.8) is 0 Å². The van der Waals surface area contributed by atoms with Crippen LogP contribution >= 0.6 is 11.8 Å². The molecule has 7 nitrogen and oxygen atoms in total. The number of rotatable bonds is 5. The average molecular weight is 345 g/mol. The summed E-state index contributed by atoms with van der Waals surface area (Å²) in [5, 5.41) is 24.0. The van der Waals surface area contributed by atoms with Gasteiger partial charge in [0.2, 0.25) is 0 Å². The molecule has 2 fully saturated rings. The summed E-state index contributed by atoms with van der Waals surface area (Å²) in [6.07, 6.45) is 4.58. The lowest BCUT2D eigenvalue weighted by Crippen LogP contribution is -2.28. The summed E-state index contributed by atoms with van der Waals surface area (Å²) >= 11 is 1.54. The molecule has 2 aromatic rings. The van der Waals surface area contributed by atoms with Crippen LogP contribution in [0, 0.1) is 10.1 Å². The quantitative estimate of drug-likeness (QED) is 0.662. The number of nitro benzene ring substituents is 1. The van der Waals surface area contributed by atoms with Gasteiger partial charge in [0.05, 0.1) is 4.92 Å². The summed E-state index contributed by atoms with van der Waals surface area (Å²) in [5.41, 5.74) is 0.110. The van der Waals surface area contributed by atoms with Crippen molar-refractivity contribution in [1.82, 2.24) is 20.1 Å². The van der Waals surface area contributed by atoms with Gasteiger partial charge >= 0.3 is 0 Å². The summed E-state index contributed by atoms with van der Waals surface area (Å²) in [7, 11) is 0. The summed E-state index contributed by atoms with van der Waals surface area (Å²) < 4.78 is 2.31. The second-order valence-electron chi connectivity index (χ2n) is 6.32. The van der Waals surface area contributed by atoms with E-state index in [1.807, 2.05) is 0 Å². The van der Waals surface area contributed by atoms with Crippen molar-refractivity contribution >= 4 is 17.4 Å². The van der Waals surface area contributed by atoms with Crippen LogP contribution in [0.4, 0.5) is 5.69 Å². The molecule has 2 aliphatic rings. The molecule has 0 radical (unpaired) electrons. The summed E-state index contributed by atoms with van der Waals surface area (Å²) in [6, 6.07) is 7.14. The molecule has 0 amide bonds. The van der Waals surface area contributed by atoms with Crippen molar-refractivity contribution < 1.29 is 4.92 Å². The van der Waals surface area contributed by atoms with Crippen LogP contribution < -0.4 is 5.32 Å². The molecule has 0 unspecified atom stereocenters. The summed E-state index contributed by atoms with van der Waals surface area (Å²) in [6.45, 7) is 2.07. The van der Waals surface area contributed by atoms with Gasteiger partial charge in [0, 0.05) is 29.0 Å². The molecule has 1 aliphatic heterocycles. The van der Waals surface area contributed by atoms with Crippen LogP contribution in [-0.2, 0) is 0 Å². The van der Waals surface area contributed by atoms with E-state index in [2.05, 4.69) is 20.1 Å². The second-order valence-corrected chi connectivity index (χ2v) is 7.36. The highest BCUT2D eigenvalue weighted by molar-refractivity contribution is 7.99. The Morgan fingerprint density at radius 2 is 1.83 bits per heavy atom. The zero-order valence-electron chi connectivity index (χ0n) is 13.2. The van der Waals surface area contributed by atoms with E-state index in [0.717, 1.165) is 41.8 Å². The van der Waals surface area contributed by atoms with Crippen LogP contribution in [-0.4, -0.2) is 32.8 Å². The number of hydrogen-bond donors (Lipinski definition) is 1. The van der Waals surface area contributed by atoms with Crippen LogP contribution in [0.1, 0.15) is 43.5 Å². The monoisotopic (exact) mass is 345 g/mol. The smallest absolute Gasteiger partial charge is 0.269 e. The van der Waals surface area contributed by atoms with E-state index >= 15 is 0 Å². The molecule has 1 aromatic carbocycles.